The third kappa shape index (κ3) is 3.13. The summed E-state index contributed by atoms with van der Waals surface area (Å²) < 4.78 is 0. The van der Waals surface area contributed by atoms with E-state index in [1.807, 2.05) is 0 Å². The zero-order chi connectivity index (χ0) is 11.4. The van der Waals surface area contributed by atoms with Crippen LogP contribution in [0, 0.1) is 10.1 Å². The number of hydrogen-bond acceptors (Lipinski definition) is 5. The highest BCUT2D eigenvalue weighted by atomic mass is 32.2. The Bertz CT molecular complexity index is 406. The molecule has 0 aliphatic carbocycles. The van der Waals surface area contributed by atoms with Gasteiger partial charge < -0.3 is 10.2 Å². The Morgan fingerprint density at radius 3 is 2.73 bits per heavy atom. The minimum absolute atomic E-state index is 0.131. The number of aromatic hydroxyl groups is 1. The largest absolute Gasteiger partial charge is 0.508 e. The highest BCUT2D eigenvalue weighted by Gasteiger charge is 2.15. The zero-order valence-corrected chi connectivity index (χ0v) is 8.23. The molecule has 1 aromatic carbocycles. The summed E-state index contributed by atoms with van der Waals surface area (Å²) in [6, 6.07) is 3.49. The lowest BCUT2D eigenvalue weighted by Crippen LogP contribution is -1.98. The van der Waals surface area contributed by atoms with Crippen LogP contribution in [0.5, 0.6) is 5.75 Å². The van der Waals surface area contributed by atoms with Crippen LogP contribution in [-0.4, -0.2) is 26.9 Å². The molecule has 7 heteroatoms. The van der Waals surface area contributed by atoms with E-state index in [1.165, 1.54) is 12.1 Å². The fraction of sp³-hybridized carbons (Fsp3) is 0.125. The number of aliphatic carboxylic acids is 1. The Morgan fingerprint density at radius 1 is 1.53 bits per heavy atom. The maximum atomic E-state index is 10.5. The Morgan fingerprint density at radius 2 is 2.20 bits per heavy atom. The summed E-state index contributed by atoms with van der Waals surface area (Å²) in [5.41, 5.74) is -0.209. The number of carbonyl (C=O) groups is 1. The molecular formula is C8H7NO5S. The smallest absolute Gasteiger partial charge is 0.313 e. The van der Waals surface area contributed by atoms with Gasteiger partial charge in [0, 0.05) is 12.1 Å². The molecule has 0 radical (unpaired) electrons. The number of phenolic OH excluding ortho intramolecular Hbond substituents is 1. The van der Waals surface area contributed by atoms with Crippen molar-refractivity contribution >= 4 is 23.4 Å². The van der Waals surface area contributed by atoms with Crippen LogP contribution >= 0.6 is 11.8 Å². The number of carboxylic acids is 1. The van der Waals surface area contributed by atoms with Crippen molar-refractivity contribution in [2.75, 3.05) is 5.75 Å². The van der Waals surface area contributed by atoms with Gasteiger partial charge in [0.05, 0.1) is 15.6 Å². The summed E-state index contributed by atoms with van der Waals surface area (Å²) >= 11 is 0.796. The van der Waals surface area contributed by atoms with Gasteiger partial charge >= 0.3 is 5.97 Å². The first-order chi connectivity index (χ1) is 7.00. The third-order valence-electron chi connectivity index (χ3n) is 1.49. The van der Waals surface area contributed by atoms with Gasteiger partial charge in [-0.05, 0) is 6.07 Å². The normalized spacial score (nSPS) is 9.87. The molecule has 0 aliphatic rings. The lowest BCUT2D eigenvalue weighted by molar-refractivity contribution is -0.387. The minimum atomic E-state index is -1.07. The van der Waals surface area contributed by atoms with E-state index < -0.39 is 10.9 Å². The standard InChI is InChI=1S/C8H7NO5S/c10-5-1-2-6(9(13)14)7(3-5)15-4-8(11)12/h1-3,10H,4H2,(H,11,12). The number of phenols is 1. The van der Waals surface area contributed by atoms with Gasteiger partial charge in [0.2, 0.25) is 0 Å². The number of hydrogen-bond donors (Lipinski definition) is 2. The van der Waals surface area contributed by atoms with Crippen LogP contribution in [0.1, 0.15) is 0 Å². The van der Waals surface area contributed by atoms with Crippen LogP contribution in [0.3, 0.4) is 0 Å². The van der Waals surface area contributed by atoms with Gasteiger partial charge in [0.15, 0.2) is 0 Å². The van der Waals surface area contributed by atoms with E-state index in [0.29, 0.717) is 0 Å². The molecule has 2 N–H and O–H groups in total. The predicted molar refractivity (Wildman–Crippen MR) is 53.1 cm³/mol. The van der Waals surface area contributed by atoms with Crippen LogP contribution in [0.25, 0.3) is 0 Å². The molecule has 0 unspecified atom stereocenters. The van der Waals surface area contributed by atoms with Crippen molar-refractivity contribution in [2.45, 2.75) is 4.90 Å². The number of nitro benzene ring substituents is 1. The molecule has 0 atom stereocenters. The van der Waals surface area contributed by atoms with Gasteiger partial charge in [-0.1, -0.05) is 0 Å². The third-order valence-corrected chi connectivity index (χ3v) is 2.52. The quantitative estimate of drug-likeness (QED) is 0.460. The first-order valence-electron chi connectivity index (χ1n) is 3.82. The monoisotopic (exact) mass is 229 g/mol. The summed E-state index contributed by atoms with van der Waals surface area (Å²) in [5, 5.41) is 28.1. The van der Waals surface area contributed by atoms with Crippen molar-refractivity contribution in [3.8, 4) is 5.75 Å². The van der Waals surface area contributed by atoms with Crippen molar-refractivity contribution < 1.29 is 19.9 Å². The summed E-state index contributed by atoms with van der Waals surface area (Å²) in [6.45, 7) is 0. The van der Waals surface area contributed by atoms with Crippen LogP contribution in [-0.2, 0) is 4.79 Å². The molecule has 0 fully saturated rings. The van der Waals surface area contributed by atoms with Crippen LogP contribution < -0.4 is 0 Å². The van der Waals surface area contributed by atoms with Crippen molar-refractivity contribution in [1.29, 1.82) is 0 Å². The van der Waals surface area contributed by atoms with E-state index in [1.54, 1.807) is 0 Å². The lowest BCUT2D eigenvalue weighted by Gasteiger charge is -2.01. The second kappa shape index (κ2) is 4.65. The molecular weight excluding hydrogens is 222 g/mol. The number of nitrogens with zero attached hydrogens (tertiary/aromatic N) is 1. The van der Waals surface area contributed by atoms with Crippen LogP contribution in [0.2, 0.25) is 0 Å². The second-order valence-corrected chi connectivity index (χ2v) is 3.61. The van der Waals surface area contributed by atoms with E-state index in [-0.39, 0.29) is 22.1 Å². The highest BCUT2D eigenvalue weighted by molar-refractivity contribution is 8.00. The first kappa shape index (κ1) is 11.3. The van der Waals surface area contributed by atoms with E-state index >= 15 is 0 Å². The minimum Gasteiger partial charge on any atom is -0.508 e. The van der Waals surface area contributed by atoms with E-state index in [0.717, 1.165) is 17.8 Å². The van der Waals surface area contributed by atoms with Crippen molar-refractivity contribution in [1.82, 2.24) is 0 Å². The van der Waals surface area contributed by atoms with Gasteiger partial charge in [0.1, 0.15) is 5.75 Å². The summed E-state index contributed by atoms with van der Waals surface area (Å²) in [5.74, 6) is -1.49. The van der Waals surface area contributed by atoms with Crippen molar-refractivity contribution in [3.63, 3.8) is 0 Å². The van der Waals surface area contributed by atoms with Gasteiger partial charge in [-0.2, -0.15) is 0 Å². The molecule has 0 heterocycles. The average Bonchev–Trinajstić information content (AvgIpc) is 2.14. The predicted octanol–water partition coefficient (Wildman–Crippen LogP) is 1.48. The highest BCUT2D eigenvalue weighted by Crippen LogP contribution is 2.31. The van der Waals surface area contributed by atoms with Crippen molar-refractivity contribution in [2.24, 2.45) is 0 Å². The van der Waals surface area contributed by atoms with Gasteiger partial charge in [-0.3, -0.25) is 14.9 Å². The Kier molecular flexibility index (Phi) is 3.51. The molecule has 15 heavy (non-hydrogen) atoms. The number of nitro groups is 1. The SMILES string of the molecule is O=C(O)CSc1cc(O)ccc1[N+](=O)[O-]. The average molecular weight is 229 g/mol. The summed E-state index contributed by atoms with van der Waals surface area (Å²) in [6.07, 6.45) is 0. The number of rotatable bonds is 4. The van der Waals surface area contributed by atoms with Gasteiger partial charge in [-0.25, -0.2) is 0 Å². The molecule has 0 aromatic heterocycles. The van der Waals surface area contributed by atoms with Crippen molar-refractivity contribution in [3.05, 3.63) is 28.3 Å². The molecule has 1 rings (SSSR count). The number of carboxylic acid groups (broad SMARTS) is 1. The molecule has 0 saturated heterocycles. The summed E-state index contributed by atoms with van der Waals surface area (Å²) in [7, 11) is 0. The molecule has 0 spiro atoms. The van der Waals surface area contributed by atoms with Crippen LogP contribution in [0.15, 0.2) is 23.1 Å². The zero-order valence-electron chi connectivity index (χ0n) is 7.41. The number of benzene rings is 1. The maximum absolute atomic E-state index is 10.5. The maximum Gasteiger partial charge on any atom is 0.313 e. The molecule has 6 nitrogen and oxygen atoms in total. The number of thioether (sulfide) groups is 1. The van der Waals surface area contributed by atoms with Gasteiger partial charge in [-0.15, -0.1) is 11.8 Å². The fourth-order valence-corrected chi connectivity index (χ4v) is 1.68. The van der Waals surface area contributed by atoms with E-state index in [4.69, 9.17) is 10.2 Å². The van der Waals surface area contributed by atoms with E-state index in [9.17, 15) is 14.9 Å². The Labute approximate surface area is 88.7 Å². The van der Waals surface area contributed by atoms with E-state index in [2.05, 4.69) is 0 Å². The molecule has 0 saturated carbocycles. The lowest BCUT2D eigenvalue weighted by atomic mass is 10.3. The molecule has 0 aliphatic heterocycles. The topological polar surface area (TPSA) is 101 Å². The van der Waals surface area contributed by atoms with Crippen LogP contribution in [0.4, 0.5) is 5.69 Å². The first-order valence-corrected chi connectivity index (χ1v) is 4.81. The van der Waals surface area contributed by atoms with Gasteiger partial charge in [0.25, 0.3) is 5.69 Å². The second-order valence-electron chi connectivity index (χ2n) is 2.59. The molecule has 0 bridgehead atoms. The Balaban J connectivity index is 2.96. The summed E-state index contributed by atoms with van der Waals surface area (Å²) in [4.78, 5) is 20.3. The molecule has 0 amide bonds. The fourth-order valence-electron chi connectivity index (χ4n) is 0.909. The Hall–Kier alpha value is -1.76. The molecule has 1 aromatic rings. The molecule has 80 valence electrons.